The molecule has 0 aliphatic rings. The smallest absolute Gasteiger partial charge is 0.169 e. The monoisotopic (exact) mass is 258 g/mol. The fourth-order valence-corrected chi connectivity index (χ4v) is 3.51. The minimum Gasteiger partial charge on any atom is -0.294 e. The zero-order valence-electron chi connectivity index (χ0n) is 9.05. The Labute approximate surface area is 107 Å². The van der Waals surface area contributed by atoms with E-state index in [-0.39, 0.29) is 5.78 Å². The van der Waals surface area contributed by atoms with E-state index in [1.165, 1.54) is 0 Å². The number of rotatable bonds is 3. The second-order valence-electron chi connectivity index (χ2n) is 3.82. The van der Waals surface area contributed by atoms with Crippen molar-refractivity contribution in [3.63, 3.8) is 0 Å². The van der Waals surface area contributed by atoms with Gasteiger partial charge in [0.1, 0.15) is 0 Å². The lowest BCUT2D eigenvalue weighted by Crippen LogP contribution is -2.02. The molecular weight excluding hydrogens is 248 g/mol. The predicted octanol–water partition coefficient (Wildman–Crippen LogP) is 4.39. The van der Waals surface area contributed by atoms with Crippen molar-refractivity contribution in [3.8, 4) is 0 Å². The van der Waals surface area contributed by atoms with Gasteiger partial charge in [0, 0.05) is 21.6 Å². The minimum absolute atomic E-state index is 0.209. The van der Waals surface area contributed by atoms with Crippen molar-refractivity contribution in [1.29, 1.82) is 0 Å². The van der Waals surface area contributed by atoms with Crippen LogP contribution >= 0.6 is 22.7 Å². The van der Waals surface area contributed by atoms with Gasteiger partial charge in [-0.2, -0.15) is 0 Å². The number of thiophene rings is 2. The third kappa shape index (κ3) is 2.04. The normalized spacial score (nSPS) is 10.8. The molecule has 0 spiro atoms. The van der Waals surface area contributed by atoms with Gasteiger partial charge in [0.2, 0.25) is 0 Å². The van der Waals surface area contributed by atoms with Gasteiger partial charge in [-0.25, -0.2) is 0 Å². The maximum absolute atomic E-state index is 12.2. The molecule has 3 rings (SSSR count). The largest absolute Gasteiger partial charge is 0.294 e. The molecule has 0 saturated heterocycles. The summed E-state index contributed by atoms with van der Waals surface area (Å²) in [6, 6.07) is 12.0. The van der Waals surface area contributed by atoms with Gasteiger partial charge >= 0.3 is 0 Å². The molecule has 1 aromatic carbocycles. The lowest BCUT2D eigenvalue weighted by molar-refractivity contribution is 0.0995. The Kier molecular flexibility index (Phi) is 2.79. The van der Waals surface area contributed by atoms with Crippen molar-refractivity contribution in [2.75, 3.05) is 0 Å². The number of carbonyl (C=O) groups excluding carboxylic acids is 1. The Bertz CT molecular complexity index is 650. The van der Waals surface area contributed by atoms with E-state index in [0.717, 1.165) is 20.5 Å². The van der Waals surface area contributed by atoms with Crippen LogP contribution in [0.4, 0.5) is 0 Å². The molecule has 84 valence electrons. The van der Waals surface area contributed by atoms with Gasteiger partial charge in [-0.15, -0.1) is 22.7 Å². The first-order valence-corrected chi connectivity index (χ1v) is 7.12. The van der Waals surface area contributed by atoms with Gasteiger partial charge in [-0.1, -0.05) is 18.2 Å². The molecule has 17 heavy (non-hydrogen) atoms. The SMILES string of the molecule is O=C(Cc1cccs1)c1cccc2ccsc12. The summed E-state index contributed by atoms with van der Waals surface area (Å²) in [7, 11) is 0. The average molecular weight is 258 g/mol. The molecule has 0 bridgehead atoms. The molecule has 0 aliphatic heterocycles. The molecule has 2 heterocycles. The second kappa shape index (κ2) is 4.43. The van der Waals surface area contributed by atoms with Crippen molar-refractivity contribution >= 4 is 38.5 Å². The number of ketones is 1. The van der Waals surface area contributed by atoms with E-state index in [1.54, 1.807) is 22.7 Å². The summed E-state index contributed by atoms with van der Waals surface area (Å²) in [5.74, 6) is 0.209. The number of Topliss-reactive ketones (excluding diaryl/α,β-unsaturated/α-hetero) is 1. The van der Waals surface area contributed by atoms with E-state index >= 15 is 0 Å². The molecule has 0 atom stereocenters. The molecule has 0 saturated carbocycles. The zero-order valence-corrected chi connectivity index (χ0v) is 10.7. The van der Waals surface area contributed by atoms with Crippen LogP contribution in [0.2, 0.25) is 0 Å². The Morgan fingerprint density at radius 3 is 2.76 bits per heavy atom. The Morgan fingerprint density at radius 1 is 1.00 bits per heavy atom. The molecule has 1 nitrogen and oxygen atoms in total. The maximum atomic E-state index is 12.2. The number of carbonyl (C=O) groups is 1. The highest BCUT2D eigenvalue weighted by Gasteiger charge is 2.11. The molecule has 0 unspecified atom stereocenters. The van der Waals surface area contributed by atoms with Gasteiger partial charge in [0.15, 0.2) is 5.78 Å². The van der Waals surface area contributed by atoms with E-state index in [4.69, 9.17) is 0 Å². The van der Waals surface area contributed by atoms with Crippen LogP contribution in [0.5, 0.6) is 0 Å². The first-order valence-electron chi connectivity index (χ1n) is 5.36. The number of benzene rings is 1. The molecule has 0 amide bonds. The van der Waals surface area contributed by atoms with Crippen LogP contribution in [-0.2, 0) is 6.42 Å². The highest BCUT2D eigenvalue weighted by atomic mass is 32.1. The highest BCUT2D eigenvalue weighted by Crippen LogP contribution is 2.26. The third-order valence-electron chi connectivity index (χ3n) is 2.69. The molecule has 0 aliphatic carbocycles. The Hall–Kier alpha value is -1.45. The van der Waals surface area contributed by atoms with Crippen molar-refractivity contribution in [2.45, 2.75) is 6.42 Å². The minimum atomic E-state index is 0.209. The van der Waals surface area contributed by atoms with Gasteiger partial charge in [0.05, 0.1) is 0 Å². The molecule has 0 radical (unpaired) electrons. The van der Waals surface area contributed by atoms with Crippen LogP contribution in [0, 0.1) is 0 Å². The van der Waals surface area contributed by atoms with Crippen molar-refractivity contribution in [1.82, 2.24) is 0 Å². The Balaban J connectivity index is 1.98. The standard InChI is InChI=1S/C14H10OS2/c15-13(9-11-4-2-7-16-11)12-5-1-3-10-6-8-17-14(10)12/h1-8H,9H2. The molecule has 3 aromatic rings. The first-order chi connectivity index (χ1) is 8.34. The fraction of sp³-hybridized carbons (Fsp3) is 0.0714. The zero-order chi connectivity index (χ0) is 11.7. The first kappa shape index (κ1) is 10.7. The molecule has 2 aromatic heterocycles. The summed E-state index contributed by atoms with van der Waals surface area (Å²) >= 11 is 3.27. The molecular formula is C14H10OS2. The van der Waals surface area contributed by atoms with Crippen LogP contribution < -0.4 is 0 Å². The van der Waals surface area contributed by atoms with Crippen molar-refractivity contribution < 1.29 is 4.79 Å². The topological polar surface area (TPSA) is 17.1 Å². The van der Waals surface area contributed by atoms with Crippen LogP contribution in [-0.4, -0.2) is 5.78 Å². The van der Waals surface area contributed by atoms with Gasteiger partial charge in [-0.05, 0) is 34.3 Å². The Morgan fingerprint density at radius 2 is 1.94 bits per heavy atom. The summed E-state index contributed by atoms with van der Waals surface area (Å²) < 4.78 is 1.11. The lowest BCUT2D eigenvalue weighted by atomic mass is 10.1. The summed E-state index contributed by atoms with van der Waals surface area (Å²) in [5, 5.41) is 5.20. The molecule has 0 N–H and O–H groups in total. The van der Waals surface area contributed by atoms with E-state index in [0.29, 0.717) is 6.42 Å². The van der Waals surface area contributed by atoms with Crippen LogP contribution in [0.15, 0.2) is 47.2 Å². The number of hydrogen-bond acceptors (Lipinski definition) is 3. The van der Waals surface area contributed by atoms with Crippen LogP contribution in [0.25, 0.3) is 10.1 Å². The van der Waals surface area contributed by atoms with E-state index in [9.17, 15) is 4.79 Å². The summed E-state index contributed by atoms with van der Waals surface area (Å²) in [6.45, 7) is 0. The van der Waals surface area contributed by atoms with Crippen molar-refractivity contribution in [3.05, 3.63) is 57.6 Å². The average Bonchev–Trinajstić information content (AvgIpc) is 2.97. The van der Waals surface area contributed by atoms with Crippen LogP contribution in [0.1, 0.15) is 15.2 Å². The highest BCUT2D eigenvalue weighted by molar-refractivity contribution is 7.17. The quantitative estimate of drug-likeness (QED) is 0.637. The predicted molar refractivity (Wildman–Crippen MR) is 74.2 cm³/mol. The summed E-state index contributed by atoms with van der Waals surface area (Å²) in [4.78, 5) is 13.4. The fourth-order valence-electron chi connectivity index (χ4n) is 1.88. The van der Waals surface area contributed by atoms with Crippen LogP contribution in [0.3, 0.4) is 0 Å². The lowest BCUT2D eigenvalue weighted by Gasteiger charge is -2.01. The second-order valence-corrected chi connectivity index (χ2v) is 5.77. The summed E-state index contributed by atoms with van der Waals surface area (Å²) in [5.41, 5.74) is 0.853. The molecule has 3 heteroatoms. The van der Waals surface area contributed by atoms with E-state index in [1.807, 2.05) is 41.1 Å². The number of fused-ring (bicyclic) bond motifs is 1. The number of hydrogen-bond donors (Lipinski definition) is 0. The summed E-state index contributed by atoms with van der Waals surface area (Å²) in [6.07, 6.45) is 0.509. The third-order valence-corrected chi connectivity index (χ3v) is 4.53. The van der Waals surface area contributed by atoms with E-state index < -0.39 is 0 Å². The maximum Gasteiger partial charge on any atom is 0.169 e. The van der Waals surface area contributed by atoms with Gasteiger partial charge < -0.3 is 0 Å². The van der Waals surface area contributed by atoms with E-state index in [2.05, 4.69) is 6.07 Å². The van der Waals surface area contributed by atoms with Crippen molar-refractivity contribution in [2.24, 2.45) is 0 Å². The van der Waals surface area contributed by atoms with Gasteiger partial charge in [0.25, 0.3) is 0 Å². The van der Waals surface area contributed by atoms with Gasteiger partial charge in [-0.3, -0.25) is 4.79 Å². The molecule has 0 fully saturated rings.